The van der Waals surface area contributed by atoms with E-state index < -0.39 is 5.97 Å². The quantitative estimate of drug-likeness (QED) is 0.465. The molecule has 3 rings (SSSR count). The van der Waals surface area contributed by atoms with E-state index in [1.54, 1.807) is 43.5 Å². The Morgan fingerprint density at radius 2 is 1.83 bits per heavy atom. The summed E-state index contributed by atoms with van der Waals surface area (Å²) in [6.45, 7) is 0.694. The molecule has 5 nitrogen and oxygen atoms in total. The predicted molar refractivity (Wildman–Crippen MR) is 115 cm³/mol. The Morgan fingerprint density at radius 3 is 2.55 bits per heavy atom. The molecular weight excluding hydrogens is 413 g/mol. The Bertz CT molecular complexity index is 1020. The molecule has 0 aliphatic carbocycles. The molecular formula is C22H19Cl2NO4. The number of methoxy groups -OCH3 is 1. The number of ether oxygens (including phenoxy) is 2. The number of hydrogen-bond acceptors (Lipinski definition) is 4. The van der Waals surface area contributed by atoms with Crippen molar-refractivity contribution in [2.75, 3.05) is 12.4 Å². The van der Waals surface area contributed by atoms with E-state index in [-0.39, 0.29) is 12.2 Å². The van der Waals surface area contributed by atoms with Crippen molar-refractivity contribution in [3.8, 4) is 11.5 Å². The van der Waals surface area contributed by atoms with Gasteiger partial charge < -0.3 is 19.9 Å². The second kappa shape index (κ2) is 9.54. The van der Waals surface area contributed by atoms with Gasteiger partial charge in [-0.1, -0.05) is 47.5 Å². The van der Waals surface area contributed by atoms with Gasteiger partial charge in [-0.05, 0) is 42.0 Å². The van der Waals surface area contributed by atoms with Crippen molar-refractivity contribution in [3.05, 3.63) is 87.4 Å². The first-order valence-corrected chi connectivity index (χ1v) is 9.53. The highest BCUT2D eigenvalue weighted by molar-refractivity contribution is 6.32. The fraction of sp³-hybridized carbons (Fsp3) is 0.136. The molecule has 29 heavy (non-hydrogen) atoms. The smallest absolute Gasteiger partial charge is 0.335 e. The summed E-state index contributed by atoms with van der Waals surface area (Å²) in [6.07, 6.45) is 0. The van der Waals surface area contributed by atoms with Gasteiger partial charge >= 0.3 is 5.97 Å². The molecule has 0 aliphatic rings. The molecule has 0 heterocycles. The molecule has 0 saturated carbocycles. The lowest BCUT2D eigenvalue weighted by atomic mass is 10.1. The van der Waals surface area contributed by atoms with Crippen LogP contribution in [0.5, 0.6) is 11.5 Å². The van der Waals surface area contributed by atoms with Crippen LogP contribution in [0, 0.1) is 0 Å². The summed E-state index contributed by atoms with van der Waals surface area (Å²) < 4.78 is 11.3. The maximum absolute atomic E-state index is 11.1. The molecule has 0 radical (unpaired) electrons. The van der Waals surface area contributed by atoms with Crippen molar-refractivity contribution in [3.63, 3.8) is 0 Å². The van der Waals surface area contributed by atoms with Crippen LogP contribution in [0.4, 0.5) is 5.69 Å². The van der Waals surface area contributed by atoms with Gasteiger partial charge in [0.2, 0.25) is 0 Å². The minimum atomic E-state index is -0.974. The molecule has 7 heteroatoms. The maximum atomic E-state index is 11.1. The zero-order valence-electron chi connectivity index (χ0n) is 15.6. The third-order valence-corrected chi connectivity index (χ3v) is 4.87. The highest BCUT2D eigenvalue weighted by Crippen LogP contribution is 2.37. The average Bonchev–Trinajstić information content (AvgIpc) is 2.72. The van der Waals surface area contributed by atoms with Crippen LogP contribution in [0.2, 0.25) is 10.0 Å². The molecule has 3 aromatic rings. The van der Waals surface area contributed by atoms with E-state index in [9.17, 15) is 4.79 Å². The Kier molecular flexibility index (Phi) is 6.86. The number of benzene rings is 3. The second-order valence-corrected chi connectivity index (χ2v) is 7.04. The molecule has 3 aromatic carbocycles. The highest BCUT2D eigenvalue weighted by Gasteiger charge is 2.13. The zero-order chi connectivity index (χ0) is 20.8. The molecule has 0 amide bonds. The van der Waals surface area contributed by atoms with Crippen LogP contribution in [-0.2, 0) is 13.2 Å². The van der Waals surface area contributed by atoms with E-state index in [0.717, 1.165) is 11.1 Å². The number of carbonyl (C=O) groups is 1. The van der Waals surface area contributed by atoms with E-state index in [1.807, 2.05) is 24.3 Å². The van der Waals surface area contributed by atoms with Crippen molar-refractivity contribution in [2.45, 2.75) is 13.2 Å². The minimum Gasteiger partial charge on any atom is -0.493 e. The number of nitrogens with one attached hydrogen (secondary N) is 1. The molecule has 0 aromatic heterocycles. The van der Waals surface area contributed by atoms with Crippen LogP contribution < -0.4 is 14.8 Å². The van der Waals surface area contributed by atoms with Gasteiger partial charge in [-0.15, -0.1) is 0 Å². The fourth-order valence-corrected chi connectivity index (χ4v) is 3.23. The topological polar surface area (TPSA) is 67.8 Å². The summed E-state index contributed by atoms with van der Waals surface area (Å²) in [5, 5.41) is 13.3. The van der Waals surface area contributed by atoms with E-state index in [0.29, 0.717) is 33.8 Å². The van der Waals surface area contributed by atoms with Gasteiger partial charge in [0.1, 0.15) is 6.61 Å². The maximum Gasteiger partial charge on any atom is 0.335 e. The van der Waals surface area contributed by atoms with Crippen LogP contribution in [0.25, 0.3) is 0 Å². The summed E-state index contributed by atoms with van der Waals surface area (Å²) in [7, 11) is 1.54. The Hall–Kier alpha value is -2.89. The number of carboxylic acid groups (broad SMARTS) is 1. The van der Waals surface area contributed by atoms with Gasteiger partial charge in [0.25, 0.3) is 0 Å². The first-order valence-electron chi connectivity index (χ1n) is 8.77. The van der Waals surface area contributed by atoms with Crippen molar-refractivity contribution in [1.29, 1.82) is 0 Å². The van der Waals surface area contributed by atoms with E-state index >= 15 is 0 Å². The van der Waals surface area contributed by atoms with Crippen LogP contribution in [0.3, 0.4) is 0 Å². The van der Waals surface area contributed by atoms with E-state index in [1.165, 1.54) is 0 Å². The molecule has 0 fully saturated rings. The lowest BCUT2D eigenvalue weighted by molar-refractivity contribution is 0.0697. The standard InChI is InChI=1S/C22H19Cl2NO4/c1-28-20-10-14(12-25-17-7-4-6-15(11-17)22(26)27)9-19(24)21(20)29-13-16-5-2-3-8-18(16)23/h2-11,25H,12-13H2,1H3,(H,26,27). The molecule has 0 unspecified atom stereocenters. The summed E-state index contributed by atoms with van der Waals surface area (Å²) in [5.41, 5.74) is 2.61. The number of carboxylic acids is 1. The molecule has 0 spiro atoms. The largest absolute Gasteiger partial charge is 0.493 e. The van der Waals surface area contributed by atoms with Crippen LogP contribution in [0.15, 0.2) is 60.7 Å². The number of rotatable bonds is 8. The number of halogens is 2. The monoisotopic (exact) mass is 431 g/mol. The number of hydrogen-bond donors (Lipinski definition) is 2. The van der Waals surface area contributed by atoms with Gasteiger partial charge in [-0.2, -0.15) is 0 Å². The fourth-order valence-electron chi connectivity index (χ4n) is 2.75. The summed E-state index contributed by atoms with van der Waals surface area (Å²) in [4.78, 5) is 11.1. The average molecular weight is 432 g/mol. The van der Waals surface area contributed by atoms with E-state index in [2.05, 4.69) is 5.32 Å². The first kappa shape index (κ1) is 20.8. The predicted octanol–water partition coefficient (Wildman–Crippen LogP) is 5.89. The molecule has 0 bridgehead atoms. The van der Waals surface area contributed by atoms with E-state index in [4.69, 9.17) is 37.8 Å². The van der Waals surface area contributed by atoms with Crippen molar-refractivity contribution in [1.82, 2.24) is 0 Å². The third-order valence-electron chi connectivity index (χ3n) is 4.23. The second-order valence-electron chi connectivity index (χ2n) is 6.23. The van der Waals surface area contributed by atoms with Crippen molar-refractivity contribution in [2.24, 2.45) is 0 Å². The Morgan fingerprint density at radius 1 is 1.03 bits per heavy atom. The lowest BCUT2D eigenvalue weighted by Crippen LogP contribution is -2.04. The highest BCUT2D eigenvalue weighted by atomic mass is 35.5. The van der Waals surface area contributed by atoms with Gasteiger partial charge in [0.15, 0.2) is 11.5 Å². The molecule has 2 N–H and O–H groups in total. The van der Waals surface area contributed by atoms with Crippen LogP contribution >= 0.6 is 23.2 Å². The van der Waals surface area contributed by atoms with Crippen molar-refractivity contribution < 1.29 is 19.4 Å². The summed E-state index contributed by atoms with van der Waals surface area (Å²) in [6, 6.07) is 17.6. The SMILES string of the molecule is COc1cc(CNc2cccc(C(=O)O)c2)cc(Cl)c1OCc1ccccc1Cl. The van der Waals surface area contributed by atoms with Crippen molar-refractivity contribution >= 4 is 34.9 Å². The minimum absolute atomic E-state index is 0.217. The molecule has 0 saturated heterocycles. The summed E-state index contributed by atoms with van der Waals surface area (Å²) >= 11 is 12.6. The Balaban J connectivity index is 1.73. The van der Waals surface area contributed by atoms with Crippen LogP contribution in [-0.4, -0.2) is 18.2 Å². The van der Waals surface area contributed by atoms with Gasteiger partial charge in [-0.25, -0.2) is 4.79 Å². The first-order chi connectivity index (χ1) is 14.0. The molecule has 0 atom stereocenters. The van der Waals surface area contributed by atoms with Gasteiger partial charge in [-0.3, -0.25) is 0 Å². The summed E-state index contributed by atoms with van der Waals surface area (Å²) in [5.74, 6) is -0.0373. The van der Waals surface area contributed by atoms with Gasteiger partial charge in [0.05, 0.1) is 17.7 Å². The normalized spacial score (nSPS) is 10.4. The van der Waals surface area contributed by atoms with Crippen LogP contribution in [0.1, 0.15) is 21.5 Å². The lowest BCUT2D eigenvalue weighted by Gasteiger charge is -2.15. The Labute approximate surface area is 178 Å². The number of anilines is 1. The molecule has 0 aliphatic heterocycles. The number of aromatic carboxylic acids is 1. The third kappa shape index (κ3) is 5.34. The zero-order valence-corrected chi connectivity index (χ0v) is 17.1. The molecule has 150 valence electrons. The van der Waals surface area contributed by atoms with Gasteiger partial charge in [0, 0.05) is 22.8 Å².